The van der Waals surface area contributed by atoms with Gasteiger partial charge in [-0.3, -0.25) is 10.2 Å². The monoisotopic (exact) mass is 415 g/mol. The van der Waals surface area contributed by atoms with Crippen molar-refractivity contribution in [3.8, 4) is 23.0 Å². The number of rotatable bonds is 9. The standard InChI is InChI=1S/C22H29N3O5/c1-5-30-20-10-14(6-8-18(20)28-3)12-23-22(26)16-13-24-25-21(16)15-7-9-17(27-2)19(11-15)29-4/h6-11,16,21,24-25H,5,12-13H2,1-4H3,(H,23,26). The van der Waals surface area contributed by atoms with Gasteiger partial charge < -0.3 is 24.3 Å². The highest BCUT2D eigenvalue weighted by atomic mass is 16.5. The van der Waals surface area contributed by atoms with Gasteiger partial charge in [-0.05, 0) is 42.3 Å². The van der Waals surface area contributed by atoms with Gasteiger partial charge in [0, 0.05) is 13.1 Å². The van der Waals surface area contributed by atoms with Crippen LogP contribution >= 0.6 is 0 Å². The van der Waals surface area contributed by atoms with Crippen LogP contribution in [-0.2, 0) is 11.3 Å². The molecular formula is C22H29N3O5. The second kappa shape index (κ2) is 10.2. The Labute approximate surface area is 176 Å². The number of ether oxygens (including phenoxy) is 4. The van der Waals surface area contributed by atoms with Crippen LogP contribution < -0.4 is 35.1 Å². The van der Waals surface area contributed by atoms with Crippen LogP contribution in [0.1, 0.15) is 24.1 Å². The molecule has 8 nitrogen and oxygen atoms in total. The van der Waals surface area contributed by atoms with Crippen molar-refractivity contribution in [2.75, 3.05) is 34.5 Å². The molecule has 0 saturated carbocycles. The normalized spacial score (nSPS) is 18.0. The number of carbonyl (C=O) groups is 1. The van der Waals surface area contributed by atoms with Crippen LogP contribution in [0.5, 0.6) is 23.0 Å². The van der Waals surface area contributed by atoms with Gasteiger partial charge in [0.25, 0.3) is 0 Å². The van der Waals surface area contributed by atoms with Gasteiger partial charge in [0.1, 0.15) is 0 Å². The van der Waals surface area contributed by atoms with E-state index >= 15 is 0 Å². The van der Waals surface area contributed by atoms with E-state index in [1.54, 1.807) is 21.3 Å². The van der Waals surface area contributed by atoms with Gasteiger partial charge in [-0.2, -0.15) is 0 Å². The molecule has 162 valence electrons. The molecule has 1 amide bonds. The first-order valence-electron chi connectivity index (χ1n) is 9.89. The van der Waals surface area contributed by atoms with Crippen LogP contribution in [0.3, 0.4) is 0 Å². The van der Waals surface area contributed by atoms with Crippen LogP contribution in [-0.4, -0.2) is 40.4 Å². The summed E-state index contributed by atoms with van der Waals surface area (Å²) in [5, 5.41) is 3.03. The number of nitrogens with one attached hydrogen (secondary N) is 3. The zero-order valence-corrected chi connectivity index (χ0v) is 17.8. The van der Waals surface area contributed by atoms with E-state index in [4.69, 9.17) is 18.9 Å². The number of amides is 1. The summed E-state index contributed by atoms with van der Waals surface area (Å²) in [4.78, 5) is 12.9. The number of hydrogen-bond donors (Lipinski definition) is 3. The van der Waals surface area contributed by atoms with Gasteiger partial charge in [0.2, 0.25) is 5.91 Å². The number of methoxy groups -OCH3 is 3. The van der Waals surface area contributed by atoms with Crippen molar-refractivity contribution in [2.45, 2.75) is 19.5 Å². The molecule has 0 radical (unpaired) electrons. The first-order chi connectivity index (χ1) is 14.6. The average molecular weight is 415 g/mol. The topological polar surface area (TPSA) is 90.1 Å². The third-order valence-electron chi connectivity index (χ3n) is 5.08. The Morgan fingerprint density at radius 1 is 1.00 bits per heavy atom. The smallest absolute Gasteiger partial charge is 0.226 e. The first kappa shape index (κ1) is 21.7. The Balaban J connectivity index is 1.68. The van der Waals surface area contributed by atoms with E-state index in [1.165, 1.54) is 0 Å². The van der Waals surface area contributed by atoms with E-state index < -0.39 is 0 Å². The van der Waals surface area contributed by atoms with E-state index in [9.17, 15) is 4.79 Å². The maximum atomic E-state index is 12.9. The largest absolute Gasteiger partial charge is 0.493 e. The van der Waals surface area contributed by atoms with E-state index in [-0.39, 0.29) is 17.9 Å². The first-order valence-corrected chi connectivity index (χ1v) is 9.89. The number of hydrogen-bond acceptors (Lipinski definition) is 7. The minimum atomic E-state index is -0.271. The zero-order valence-electron chi connectivity index (χ0n) is 17.8. The second-order valence-corrected chi connectivity index (χ2v) is 6.86. The molecule has 0 aliphatic carbocycles. The summed E-state index contributed by atoms with van der Waals surface area (Å²) >= 11 is 0. The van der Waals surface area contributed by atoms with Gasteiger partial charge in [-0.1, -0.05) is 12.1 Å². The lowest BCUT2D eigenvalue weighted by Crippen LogP contribution is -2.34. The van der Waals surface area contributed by atoms with Crippen LogP contribution in [0.2, 0.25) is 0 Å². The molecule has 1 aliphatic heterocycles. The van der Waals surface area contributed by atoms with Crippen molar-refractivity contribution in [2.24, 2.45) is 5.92 Å². The third kappa shape index (κ3) is 4.77. The molecule has 30 heavy (non-hydrogen) atoms. The Bertz CT molecular complexity index is 874. The van der Waals surface area contributed by atoms with Crippen LogP contribution in [0.15, 0.2) is 36.4 Å². The molecule has 0 aromatic heterocycles. The van der Waals surface area contributed by atoms with Crippen LogP contribution in [0.4, 0.5) is 0 Å². The maximum absolute atomic E-state index is 12.9. The molecule has 2 aromatic rings. The summed E-state index contributed by atoms with van der Waals surface area (Å²) in [7, 11) is 4.80. The SMILES string of the molecule is CCOc1cc(CNC(=O)C2CNNC2c2ccc(OC)c(OC)c2)ccc1OC. The highest BCUT2D eigenvalue weighted by Gasteiger charge is 2.34. The molecule has 0 spiro atoms. The number of carbonyl (C=O) groups excluding carboxylic acids is 1. The van der Waals surface area contributed by atoms with Crippen molar-refractivity contribution < 1.29 is 23.7 Å². The van der Waals surface area contributed by atoms with Crippen molar-refractivity contribution >= 4 is 5.91 Å². The molecule has 2 atom stereocenters. The fourth-order valence-electron chi connectivity index (χ4n) is 3.52. The van der Waals surface area contributed by atoms with Crippen LogP contribution in [0.25, 0.3) is 0 Å². The van der Waals surface area contributed by atoms with Gasteiger partial charge in [0.15, 0.2) is 23.0 Å². The van der Waals surface area contributed by atoms with E-state index in [0.717, 1.165) is 11.1 Å². The molecule has 2 aromatic carbocycles. The fraction of sp³-hybridized carbons (Fsp3) is 0.409. The van der Waals surface area contributed by atoms with Crippen molar-refractivity contribution in [1.29, 1.82) is 0 Å². The number of hydrazine groups is 1. The lowest BCUT2D eigenvalue weighted by Gasteiger charge is -2.20. The number of benzene rings is 2. The molecular weight excluding hydrogens is 386 g/mol. The van der Waals surface area contributed by atoms with E-state index in [2.05, 4.69) is 16.2 Å². The molecule has 1 saturated heterocycles. The molecule has 0 bridgehead atoms. The Hall–Kier alpha value is -2.97. The lowest BCUT2D eigenvalue weighted by atomic mass is 9.93. The van der Waals surface area contributed by atoms with Gasteiger partial charge >= 0.3 is 0 Å². The Morgan fingerprint density at radius 3 is 2.40 bits per heavy atom. The summed E-state index contributed by atoms with van der Waals surface area (Å²) in [6.07, 6.45) is 0. The molecule has 3 rings (SSSR count). The summed E-state index contributed by atoms with van der Waals surface area (Å²) in [5.74, 6) is 2.31. The van der Waals surface area contributed by atoms with Crippen LogP contribution in [0, 0.1) is 5.92 Å². The Kier molecular flexibility index (Phi) is 7.37. The lowest BCUT2D eigenvalue weighted by molar-refractivity contribution is -0.125. The molecule has 1 aliphatic rings. The summed E-state index contributed by atoms with van der Waals surface area (Å²) in [6, 6.07) is 11.1. The maximum Gasteiger partial charge on any atom is 0.226 e. The summed E-state index contributed by atoms with van der Waals surface area (Å²) < 4.78 is 21.6. The van der Waals surface area contributed by atoms with E-state index in [1.807, 2.05) is 43.3 Å². The second-order valence-electron chi connectivity index (χ2n) is 6.86. The highest BCUT2D eigenvalue weighted by Crippen LogP contribution is 2.33. The minimum Gasteiger partial charge on any atom is -0.493 e. The summed E-state index contributed by atoms with van der Waals surface area (Å²) in [5.41, 5.74) is 8.16. The Morgan fingerprint density at radius 2 is 1.70 bits per heavy atom. The fourth-order valence-corrected chi connectivity index (χ4v) is 3.52. The van der Waals surface area contributed by atoms with Gasteiger partial charge in [0.05, 0.1) is 39.9 Å². The average Bonchev–Trinajstić information content (AvgIpc) is 3.27. The molecule has 1 heterocycles. The van der Waals surface area contributed by atoms with E-state index in [0.29, 0.717) is 42.7 Å². The predicted molar refractivity (Wildman–Crippen MR) is 113 cm³/mol. The molecule has 3 N–H and O–H groups in total. The van der Waals surface area contributed by atoms with Gasteiger partial charge in [-0.25, -0.2) is 5.43 Å². The molecule has 8 heteroatoms. The molecule has 1 fully saturated rings. The van der Waals surface area contributed by atoms with Crippen molar-refractivity contribution in [3.63, 3.8) is 0 Å². The minimum absolute atomic E-state index is 0.0407. The molecule has 2 unspecified atom stereocenters. The zero-order chi connectivity index (χ0) is 21.5. The van der Waals surface area contributed by atoms with Crippen molar-refractivity contribution in [1.82, 2.24) is 16.2 Å². The van der Waals surface area contributed by atoms with Crippen molar-refractivity contribution in [3.05, 3.63) is 47.5 Å². The third-order valence-corrected chi connectivity index (χ3v) is 5.08. The van der Waals surface area contributed by atoms with Gasteiger partial charge in [-0.15, -0.1) is 0 Å². The quantitative estimate of drug-likeness (QED) is 0.578. The highest BCUT2D eigenvalue weighted by molar-refractivity contribution is 5.80. The predicted octanol–water partition coefficient (Wildman–Crippen LogP) is 2.19. The summed E-state index contributed by atoms with van der Waals surface area (Å²) in [6.45, 7) is 3.39.